The summed E-state index contributed by atoms with van der Waals surface area (Å²) in [4.78, 5) is 12.0. The Balaban J connectivity index is 2.32. The maximum absolute atomic E-state index is 12.0. The maximum atomic E-state index is 12.0. The Morgan fingerprint density at radius 2 is 1.90 bits per heavy atom. The number of hydrogen-bond donors (Lipinski definition) is 0. The van der Waals surface area contributed by atoms with E-state index in [4.69, 9.17) is 4.74 Å². The normalized spacial score (nSPS) is 26.2. The van der Waals surface area contributed by atoms with Crippen LogP contribution in [0.3, 0.4) is 0 Å². The summed E-state index contributed by atoms with van der Waals surface area (Å²) < 4.78 is 5.74. The second kappa shape index (κ2) is 9.20. The minimum atomic E-state index is -0.00755. The topological polar surface area (TPSA) is 26.3 Å². The van der Waals surface area contributed by atoms with Crippen molar-refractivity contribution in [1.29, 1.82) is 0 Å². The number of unbranched alkanes of at least 4 members (excludes halogenated alkanes) is 4. The van der Waals surface area contributed by atoms with Gasteiger partial charge in [-0.15, -0.1) is 0 Å². The second-order valence-corrected chi connectivity index (χ2v) is 6.56. The molecule has 0 aromatic heterocycles. The molecule has 1 aliphatic rings. The first kappa shape index (κ1) is 17.3. The van der Waals surface area contributed by atoms with Crippen LogP contribution in [0.25, 0.3) is 0 Å². The SMILES string of the molecule is C=C(C)[C@@H]1CC[C@@H](C)C[C@H]1OC(=O)CCCCCCC. The first-order valence-electron chi connectivity index (χ1n) is 8.39. The molecule has 0 spiro atoms. The summed E-state index contributed by atoms with van der Waals surface area (Å²) in [6.45, 7) is 10.6. The van der Waals surface area contributed by atoms with Crippen LogP contribution in [0.15, 0.2) is 12.2 Å². The number of rotatable bonds is 8. The predicted octanol–water partition coefficient (Wildman–Crippen LogP) is 5.27. The number of ether oxygens (including phenoxy) is 1. The van der Waals surface area contributed by atoms with E-state index in [1.165, 1.54) is 25.7 Å². The summed E-state index contributed by atoms with van der Waals surface area (Å²) in [5.74, 6) is 1.02. The van der Waals surface area contributed by atoms with Gasteiger partial charge in [-0.25, -0.2) is 0 Å². The summed E-state index contributed by atoms with van der Waals surface area (Å²) in [5.41, 5.74) is 1.16. The van der Waals surface area contributed by atoms with Crippen LogP contribution in [-0.4, -0.2) is 12.1 Å². The van der Waals surface area contributed by atoms with Crippen molar-refractivity contribution in [3.8, 4) is 0 Å². The van der Waals surface area contributed by atoms with Crippen molar-refractivity contribution in [2.45, 2.75) is 84.7 Å². The third kappa shape index (κ3) is 6.11. The van der Waals surface area contributed by atoms with Gasteiger partial charge in [0.15, 0.2) is 0 Å². The van der Waals surface area contributed by atoms with Gasteiger partial charge in [0.1, 0.15) is 6.10 Å². The third-order valence-corrected chi connectivity index (χ3v) is 4.45. The van der Waals surface area contributed by atoms with E-state index in [0.29, 0.717) is 18.3 Å². The Labute approximate surface area is 125 Å². The molecule has 0 N–H and O–H groups in total. The molecular formula is C18H32O2. The number of esters is 1. The molecule has 0 aliphatic heterocycles. The van der Waals surface area contributed by atoms with Crippen LogP contribution in [-0.2, 0) is 9.53 Å². The smallest absolute Gasteiger partial charge is 0.306 e. The van der Waals surface area contributed by atoms with Crippen molar-refractivity contribution in [3.63, 3.8) is 0 Å². The molecule has 0 radical (unpaired) electrons. The van der Waals surface area contributed by atoms with Gasteiger partial charge in [-0.2, -0.15) is 0 Å². The molecular weight excluding hydrogens is 248 g/mol. The average molecular weight is 280 g/mol. The molecule has 0 aromatic carbocycles. The number of carbonyl (C=O) groups is 1. The lowest BCUT2D eigenvalue weighted by Crippen LogP contribution is -2.33. The van der Waals surface area contributed by atoms with E-state index >= 15 is 0 Å². The molecule has 2 heteroatoms. The van der Waals surface area contributed by atoms with Gasteiger partial charge in [0.05, 0.1) is 0 Å². The van der Waals surface area contributed by atoms with E-state index in [2.05, 4.69) is 27.4 Å². The molecule has 1 saturated carbocycles. The highest BCUT2D eigenvalue weighted by molar-refractivity contribution is 5.69. The van der Waals surface area contributed by atoms with Gasteiger partial charge < -0.3 is 4.74 Å². The van der Waals surface area contributed by atoms with Crippen molar-refractivity contribution in [3.05, 3.63) is 12.2 Å². The van der Waals surface area contributed by atoms with Crippen LogP contribution in [0, 0.1) is 11.8 Å². The lowest BCUT2D eigenvalue weighted by atomic mass is 9.77. The van der Waals surface area contributed by atoms with Gasteiger partial charge in [-0.1, -0.05) is 51.7 Å². The molecule has 116 valence electrons. The first-order valence-corrected chi connectivity index (χ1v) is 8.39. The van der Waals surface area contributed by atoms with Gasteiger partial charge in [0.2, 0.25) is 0 Å². The van der Waals surface area contributed by atoms with E-state index in [1.54, 1.807) is 0 Å². The van der Waals surface area contributed by atoms with E-state index < -0.39 is 0 Å². The molecule has 1 fully saturated rings. The fourth-order valence-corrected chi connectivity index (χ4v) is 3.12. The van der Waals surface area contributed by atoms with Crippen molar-refractivity contribution in [2.24, 2.45) is 11.8 Å². The fraction of sp³-hybridized carbons (Fsp3) is 0.833. The van der Waals surface area contributed by atoms with Crippen LogP contribution in [0.2, 0.25) is 0 Å². The average Bonchev–Trinajstić information content (AvgIpc) is 2.38. The second-order valence-electron chi connectivity index (χ2n) is 6.56. The molecule has 0 unspecified atom stereocenters. The fourth-order valence-electron chi connectivity index (χ4n) is 3.12. The lowest BCUT2D eigenvalue weighted by Gasteiger charge is -2.34. The van der Waals surface area contributed by atoms with Crippen LogP contribution in [0.1, 0.15) is 78.6 Å². The molecule has 0 aromatic rings. The molecule has 0 bridgehead atoms. The third-order valence-electron chi connectivity index (χ3n) is 4.45. The minimum Gasteiger partial charge on any atom is -0.462 e. The van der Waals surface area contributed by atoms with Crippen LogP contribution < -0.4 is 0 Å². The molecule has 1 aliphatic carbocycles. The molecule has 1 rings (SSSR count). The minimum absolute atomic E-state index is 0.00755. The summed E-state index contributed by atoms with van der Waals surface area (Å²) >= 11 is 0. The Morgan fingerprint density at radius 3 is 2.55 bits per heavy atom. The van der Waals surface area contributed by atoms with Crippen LogP contribution >= 0.6 is 0 Å². The standard InChI is InChI=1S/C18H32O2/c1-5-6-7-8-9-10-18(19)20-17-13-15(4)11-12-16(17)14(2)3/h15-17H,2,5-13H2,1,3-4H3/t15-,16+,17-/m1/s1. The summed E-state index contributed by atoms with van der Waals surface area (Å²) in [7, 11) is 0. The Morgan fingerprint density at radius 1 is 1.20 bits per heavy atom. The van der Waals surface area contributed by atoms with Gasteiger partial charge in [0.25, 0.3) is 0 Å². The van der Waals surface area contributed by atoms with Gasteiger partial charge in [0, 0.05) is 12.3 Å². The lowest BCUT2D eigenvalue weighted by molar-refractivity contribution is -0.153. The molecule has 0 saturated heterocycles. The zero-order valence-electron chi connectivity index (χ0n) is 13.6. The van der Waals surface area contributed by atoms with Crippen LogP contribution in [0.4, 0.5) is 0 Å². The van der Waals surface area contributed by atoms with Crippen molar-refractivity contribution in [1.82, 2.24) is 0 Å². The molecule has 20 heavy (non-hydrogen) atoms. The highest BCUT2D eigenvalue weighted by Gasteiger charge is 2.31. The van der Waals surface area contributed by atoms with Crippen molar-refractivity contribution >= 4 is 5.97 Å². The highest BCUT2D eigenvalue weighted by Crippen LogP contribution is 2.34. The Kier molecular flexibility index (Phi) is 7.94. The summed E-state index contributed by atoms with van der Waals surface area (Å²) in [5, 5.41) is 0. The molecule has 2 nitrogen and oxygen atoms in total. The largest absolute Gasteiger partial charge is 0.462 e. The Bertz CT molecular complexity index is 309. The highest BCUT2D eigenvalue weighted by atomic mass is 16.5. The van der Waals surface area contributed by atoms with Crippen LogP contribution in [0.5, 0.6) is 0 Å². The quantitative estimate of drug-likeness (QED) is 0.344. The zero-order chi connectivity index (χ0) is 15.0. The monoisotopic (exact) mass is 280 g/mol. The maximum Gasteiger partial charge on any atom is 0.306 e. The van der Waals surface area contributed by atoms with Crippen molar-refractivity contribution in [2.75, 3.05) is 0 Å². The first-order chi connectivity index (χ1) is 9.54. The Hall–Kier alpha value is -0.790. The summed E-state index contributed by atoms with van der Waals surface area (Å²) in [6, 6.07) is 0. The molecule has 3 atom stereocenters. The zero-order valence-corrected chi connectivity index (χ0v) is 13.6. The summed E-state index contributed by atoms with van der Waals surface area (Å²) in [6.07, 6.45) is 9.85. The number of carbonyl (C=O) groups excluding carboxylic acids is 1. The van der Waals surface area contributed by atoms with Crippen molar-refractivity contribution < 1.29 is 9.53 Å². The van der Waals surface area contributed by atoms with E-state index in [-0.39, 0.29) is 12.1 Å². The van der Waals surface area contributed by atoms with E-state index in [1.807, 2.05) is 0 Å². The molecule has 0 heterocycles. The van der Waals surface area contributed by atoms with E-state index in [0.717, 1.165) is 31.3 Å². The predicted molar refractivity (Wildman–Crippen MR) is 84.6 cm³/mol. The van der Waals surface area contributed by atoms with Gasteiger partial charge in [-0.05, 0) is 38.5 Å². The molecule has 0 amide bonds. The van der Waals surface area contributed by atoms with E-state index in [9.17, 15) is 4.79 Å². The number of hydrogen-bond acceptors (Lipinski definition) is 2. The van der Waals surface area contributed by atoms with Gasteiger partial charge in [-0.3, -0.25) is 4.79 Å². The van der Waals surface area contributed by atoms with Gasteiger partial charge >= 0.3 is 5.97 Å².